The van der Waals surface area contributed by atoms with E-state index in [0.717, 1.165) is 44.0 Å². The zero-order chi connectivity index (χ0) is 20.1. The van der Waals surface area contributed by atoms with Crippen LogP contribution in [-0.2, 0) is 14.8 Å². The van der Waals surface area contributed by atoms with Crippen molar-refractivity contribution in [2.75, 3.05) is 44.7 Å². The highest BCUT2D eigenvalue weighted by atomic mass is 35.5. The average Bonchev–Trinajstić information content (AvgIpc) is 2.69. The monoisotopic (exact) mass is 427 g/mol. The van der Waals surface area contributed by atoms with Crippen molar-refractivity contribution >= 4 is 27.3 Å². The number of primary sulfonamides is 1. The quantitative estimate of drug-likeness (QED) is 0.623. The maximum atomic E-state index is 12.5. The maximum absolute atomic E-state index is 12.5. The first kappa shape index (κ1) is 20.7. The first-order chi connectivity index (χ1) is 13.4. The number of benzene rings is 1. The van der Waals surface area contributed by atoms with Crippen molar-refractivity contribution in [3.8, 4) is 5.69 Å². The smallest absolute Gasteiger partial charge is 0.292 e. The number of hydrogen-bond donors (Lipinski definition) is 2. The molecule has 3 rings (SSSR count). The van der Waals surface area contributed by atoms with Crippen molar-refractivity contribution in [1.82, 2.24) is 14.7 Å². The van der Waals surface area contributed by atoms with Crippen LogP contribution in [0.4, 0.5) is 5.69 Å². The summed E-state index contributed by atoms with van der Waals surface area (Å²) in [5, 5.41) is 12.4. The second-order valence-electron chi connectivity index (χ2n) is 6.36. The predicted molar refractivity (Wildman–Crippen MR) is 107 cm³/mol. The number of anilines is 1. The van der Waals surface area contributed by atoms with E-state index < -0.39 is 15.6 Å². The van der Waals surface area contributed by atoms with E-state index in [1.165, 1.54) is 30.5 Å². The molecule has 0 aliphatic carbocycles. The van der Waals surface area contributed by atoms with Gasteiger partial charge in [-0.3, -0.25) is 9.69 Å². The fourth-order valence-corrected chi connectivity index (χ4v) is 3.58. The Balaban J connectivity index is 1.64. The summed E-state index contributed by atoms with van der Waals surface area (Å²) in [5.74, 6) is 0. The summed E-state index contributed by atoms with van der Waals surface area (Å²) in [6.07, 6.45) is 2.38. The van der Waals surface area contributed by atoms with Crippen molar-refractivity contribution in [3.63, 3.8) is 0 Å². The van der Waals surface area contributed by atoms with Gasteiger partial charge in [0.2, 0.25) is 10.0 Å². The van der Waals surface area contributed by atoms with Gasteiger partial charge in [-0.15, -0.1) is 0 Å². The first-order valence-corrected chi connectivity index (χ1v) is 10.7. The summed E-state index contributed by atoms with van der Waals surface area (Å²) in [6, 6.07) is 5.51. The zero-order valence-corrected chi connectivity index (χ0v) is 16.7. The fourth-order valence-electron chi connectivity index (χ4n) is 2.87. The lowest BCUT2D eigenvalue weighted by molar-refractivity contribution is 0.0378. The van der Waals surface area contributed by atoms with Crippen molar-refractivity contribution in [2.45, 2.75) is 11.3 Å². The van der Waals surface area contributed by atoms with E-state index in [4.69, 9.17) is 21.5 Å². The summed E-state index contributed by atoms with van der Waals surface area (Å²) in [5.41, 5.74) is 0.354. The number of ether oxygens (including phenoxy) is 1. The first-order valence-electron chi connectivity index (χ1n) is 8.81. The summed E-state index contributed by atoms with van der Waals surface area (Å²) < 4.78 is 29.1. The van der Waals surface area contributed by atoms with Gasteiger partial charge in [-0.05, 0) is 37.2 Å². The molecule has 152 valence electrons. The maximum Gasteiger partial charge on any atom is 0.292 e. The molecule has 1 aliphatic heterocycles. The Morgan fingerprint density at radius 3 is 2.54 bits per heavy atom. The van der Waals surface area contributed by atoms with Crippen molar-refractivity contribution in [3.05, 3.63) is 45.8 Å². The van der Waals surface area contributed by atoms with Crippen LogP contribution in [0.15, 0.2) is 40.2 Å². The molecule has 1 fully saturated rings. The normalized spacial score (nSPS) is 15.5. The molecule has 0 bridgehead atoms. The highest BCUT2D eigenvalue weighted by molar-refractivity contribution is 7.89. The van der Waals surface area contributed by atoms with Gasteiger partial charge < -0.3 is 10.1 Å². The molecular weight excluding hydrogens is 406 g/mol. The van der Waals surface area contributed by atoms with Gasteiger partial charge in [-0.25, -0.2) is 13.6 Å². The number of hydrogen-bond acceptors (Lipinski definition) is 7. The molecule has 1 saturated heterocycles. The Labute approximate surface area is 168 Å². The number of nitrogens with one attached hydrogen (secondary N) is 1. The van der Waals surface area contributed by atoms with Crippen molar-refractivity contribution in [2.24, 2.45) is 5.14 Å². The largest absolute Gasteiger partial charge is 0.382 e. The molecule has 1 aromatic heterocycles. The van der Waals surface area contributed by atoms with Gasteiger partial charge in [0.15, 0.2) is 0 Å². The van der Waals surface area contributed by atoms with Crippen LogP contribution in [0, 0.1) is 0 Å². The van der Waals surface area contributed by atoms with Gasteiger partial charge in [0.05, 0.1) is 35.7 Å². The highest BCUT2D eigenvalue weighted by Crippen LogP contribution is 2.17. The number of sulfonamides is 1. The van der Waals surface area contributed by atoms with E-state index in [1.807, 2.05) is 0 Å². The van der Waals surface area contributed by atoms with Crippen LogP contribution in [0.25, 0.3) is 5.69 Å². The molecule has 1 aromatic carbocycles. The molecule has 2 heterocycles. The number of halogens is 1. The van der Waals surface area contributed by atoms with Gasteiger partial charge >= 0.3 is 0 Å². The molecule has 3 N–H and O–H groups in total. The third kappa shape index (κ3) is 5.09. The lowest BCUT2D eigenvalue weighted by atomic mass is 10.3. The van der Waals surface area contributed by atoms with Crippen LogP contribution >= 0.6 is 11.6 Å². The van der Waals surface area contributed by atoms with Gasteiger partial charge in [0.25, 0.3) is 5.56 Å². The second kappa shape index (κ2) is 9.01. The minimum atomic E-state index is -3.80. The lowest BCUT2D eigenvalue weighted by Gasteiger charge is -2.26. The summed E-state index contributed by atoms with van der Waals surface area (Å²) in [4.78, 5) is 14.8. The summed E-state index contributed by atoms with van der Waals surface area (Å²) >= 11 is 6.20. The predicted octanol–water partition coefficient (Wildman–Crippen LogP) is 0.667. The van der Waals surface area contributed by atoms with Crippen LogP contribution in [0.1, 0.15) is 6.42 Å². The Morgan fingerprint density at radius 1 is 1.21 bits per heavy atom. The zero-order valence-electron chi connectivity index (χ0n) is 15.2. The molecule has 0 atom stereocenters. The Hall–Kier alpha value is -1.98. The topological polar surface area (TPSA) is 120 Å². The van der Waals surface area contributed by atoms with Gasteiger partial charge in [0, 0.05) is 19.6 Å². The van der Waals surface area contributed by atoms with Crippen LogP contribution in [0.5, 0.6) is 0 Å². The average molecular weight is 428 g/mol. The van der Waals surface area contributed by atoms with Crippen LogP contribution < -0.4 is 16.0 Å². The number of nitrogens with two attached hydrogens (primary N) is 1. The standard InChI is InChI=1S/C17H22ClN5O4S/c18-16-15(20-6-1-7-22-8-10-27-11-9-22)12-21-23(17(16)24)13-2-4-14(5-3-13)28(19,25)26/h2-5,12,20H,1,6-11H2,(H2,19,25,26). The minimum absolute atomic E-state index is 0.0249. The summed E-state index contributed by atoms with van der Waals surface area (Å²) in [6.45, 7) is 4.99. The van der Waals surface area contributed by atoms with E-state index in [9.17, 15) is 13.2 Å². The third-order valence-corrected chi connectivity index (χ3v) is 5.69. The highest BCUT2D eigenvalue weighted by Gasteiger charge is 2.13. The number of morpholine rings is 1. The number of aromatic nitrogens is 2. The van der Waals surface area contributed by atoms with E-state index in [2.05, 4.69) is 15.3 Å². The molecule has 2 aromatic rings. The SMILES string of the molecule is NS(=O)(=O)c1ccc(-n2ncc(NCCCN3CCOCC3)c(Cl)c2=O)cc1. The lowest BCUT2D eigenvalue weighted by Crippen LogP contribution is -2.37. The Bertz CT molecular complexity index is 972. The third-order valence-electron chi connectivity index (χ3n) is 4.40. The molecule has 28 heavy (non-hydrogen) atoms. The molecule has 0 unspecified atom stereocenters. The molecular formula is C17H22ClN5O4S. The Morgan fingerprint density at radius 2 is 1.89 bits per heavy atom. The fraction of sp³-hybridized carbons (Fsp3) is 0.412. The van der Waals surface area contributed by atoms with Gasteiger partial charge in [-0.2, -0.15) is 9.78 Å². The van der Waals surface area contributed by atoms with Crippen LogP contribution in [0.2, 0.25) is 5.02 Å². The molecule has 0 saturated carbocycles. The van der Waals surface area contributed by atoms with Gasteiger partial charge in [0.1, 0.15) is 5.02 Å². The van der Waals surface area contributed by atoms with Crippen LogP contribution in [0.3, 0.4) is 0 Å². The van der Waals surface area contributed by atoms with E-state index >= 15 is 0 Å². The Kier molecular flexibility index (Phi) is 6.68. The van der Waals surface area contributed by atoms with Crippen LogP contribution in [-0.4, -0.2) is 62.5 Å². The number of nitrogens with zero attached hydrogens (tertiary/aromatic N) is 3. The van der Waals surface area contributed by atoms with E-state index in [1.54, 1.807) is 0 Å². The van der Waals surface area contributed by atoms with Gasteiger partial charge in [-0.1, -0.05) is 11.6 Å². The molecule has 11 heteroatoms. The minimum Gasteiger partial charge on any atom is -0.382 e. The number of rotatable bonds is 7. The van der Waals surface area contributed by atoms with E-state index in [-0.39, 0.29) is 9.92 Å². The van der Waals surface area contributed by atoms with E-state index in [0.29, 0.717) is 17.9 Å². The molecule has 1 aliphatic rings. The van der Waals surface area contributed by atoms with Crippen molar-refractivity contribution in [1.29, 1.82) is 0 Å². The molecule has 0 spiro atoms. The molecule has 0 amide bonds. The molecule has 0 radical (unpaired) electrons. The molecule has 9 nitrogen and oxygen atoms in total. The van der Waals surface area contributed by atoms with Crippen molar-refractivity contribution < 1.29 is 13.2 Å². The second-order valence-corrected chi connectivity index (χ2v) is 8.30. The summed E-state index contributed by atoms with van der Waals surface area (Å²) in [7, 11) is -3.80.